The van der Waals surface area contributed by atoms with Crippen molar-refractivity contribution in [3.8, 4) is 22.5 Å². The number of carbonyl (C=O) groups excluding carboxylic acids is 4. The van der Waals surface area contributed by atoms with Gasteiger partial charge in [-0.1, -0.05) is 18.2 Å². The number of rotatable bonds is 5. The number of piperidine rings is 1. The van der Waals surface area contributed by atoms with Crippen molar-refractivity contribution in [1.29, 1.82) is 0 Å². The molecule has 0 bridgehead atoms. The molecule has 3 aliphatic rings. The summed E-state index contributed by atoms with van der Waals surface area (Å²) in [6.07, 6.45) is 3.20. The lowest BCUT2D eigenvalue weighted by Gasteiger charge is -2.30. The molecular formula is C27H24N6O4S. The minimum absolute atomic E-state index is 0.0946. The molecule has 2 aromatic heterocycles. The van der Waals surface area contributed by atoms with Gasteiger partial charge in [0.2, 0.25) is 11.8 Å². The van der Waals surface area contributed by atoms with E-state index in [1.54, 1.807) is 6.20 Å². The first kappa shape index (κ1) is 24.1. The van der Waals surface area contributed by atoms with Crippen LogP contribution >= 0.6 is 11.5 Å². The minimum atomic E-state index is -0.968. The highest BCUT2D eigenvalue weighted by molar-refractivity contribution is 7.05. The third-order valence-electron chi connectivity index (χ3n) is 7.02. The molecule has 1 unspecified atom stereocenters. The van der Waals surface area contributed by atoms with Crippen molar-refractivity contribution >= 4 is 35.2 Å². The van der Waals surface area contributed by atoms with Gasteiger partial charge >= 0.3 is 0 Å². The predicted octanol–water partition coefficient (Wildman–Crippen LogP) is 2.60. The molecule has 0 saturated carbocycles. The van der Waals surface area contributed by atoms with E-state index in [1.807, 2.05) is 48.2 Å². The monoisotopic (exact) mass is 528 g/mol. The zero-order chi connectivity index (χ0) is 26.4. The number of hydrogen-bond acceptors (Lipinski definition) is 9. The number of carbonyl (C=O) groups is 4. The number of benzene rings is 1. The van der Waals surface area contributed by atoms with E-state index in [9.17, 15) is 19.2 Å². The molecular weight excluding hydrogens is 504 g/mol. The molecule has 5 heterocycles. The van der Waals surface area contributed by atoms with E-state index in [2.05, 4.69) is 14.7 Å². The van der Waals surface area contributed by atoms with Crippen LogP contribution in [-0.2, 0) is 25.7 Å². The summed E-state index contributed by atoms with van der Waals surface area (Å²) in [4.78, 5) is 62.4. The van der Waals surface area contributed by atoms with E-state index < -0.39 is 29.7 Å². The van der Waals surface area contributed by atoms with Crippen LogP contribution in [0.2, 0.25) is 0 Å². The zero-order valence-corrected chi connectivity index (χ0v) is 21.5. The largest absolute Gasteiger partial charge is 0.360 e. The fourth-order valence-corrected chi connectivity index (χ4v) is 5.90. The summed E-state index contributed by atoms with van der Waals surface area (Å²) in [6, 6.07) is 11.0. The number of pyridine rings is 1. The number of aryl methyl sites for hydroxylation is 1. The fraction of sp³-hybridized carbons (Fsp3) is 0.296. The van der Waals surface area contributed by atoms with Gasteiger partial charge in [-0.25, -0.2) is 4.98 Å². The first-order valence-corrected chi connectivity index (χ1v) is 13.2. The third-order valence-corrected chi connectivity index (χ3v) is 7.72. The Kier molecular flexibility index (Phi) is 6.07. The van der Waals surface area contributed by atoms with Gasteiger partial charge < -0.3 is 4.90 Å². The summed E-state index contributed by atoms with van der Waals surface area (Å²) in [7, 11) is 0. The second-order valence-corrected chi connectivity index (χ2v) is 10.4. The van der Waals surface area contributed by atoms with Crippen molar-refractivity contribution in [2.45, 2.75) is 45.2 Å². The van der Waals surface area contributed by atoms with Crippen molar-refractivity contribution < 1.29 is 19.2 Å². The lowest BCUT2D eigenvalue weighted by molar-refractivity contribution is -0.150. The highest BCUT2D eigenvalue weighted by atomic mass is 32.1. The highest BCUT2D eigenvalue weighted by Gasteiger charge is 2.48. The molecule has 10 nitrogen and oxygen atoms in total. The topological polar surface area (TPSA) is 125 Å². The number of imide groups is 2. The number of nitrogens with zero attached hydrogens (tertiary/aromatic N) is 5. The van der Waals surface area contributed by atoms with Gasteiger partial charge in [-0.2, -0.15) is 4.37 Å². The summed E-state index contributed by atoms with van der Waals surface area (Å²) < 4.78 is 4.56. The summed E-state index contributed by atoms with van der Waals surface area (Å²) in [5.41, 5.74) is 4.68. The Morgan fingerprint density at radius 1 is 1.03 bits per heavy atom. The van der Waals surface area contributed by atoms with Crippen LogP contribution in [-0.4, -0.2) is 60.4 Å². The summed E-state index contributed by atoms with van der Waals surface area (Å²) in [6.45, 7) is 2.88. The maximum Gasteiger partial charge on any atom is 0.278 e. The van der Waals surface area contributed by atoms with Gasteiger partial charge in [0.1, 0.15) is 16.7 Å². The minimum Gasteiger partial charge on any atom is -0.360 e. The molecule has 3 aliphatic heterocycles. The molecule has 0 radical (unpaired) electrons. The number of hydrogen-bond donors (Lipinski definition) is 1. The molecule has 4 amide bonds. The van der Waals surface area contributed by atoms with Gasteiger partial charge in [0, 0.05) is 36.0 Å². The van der Waals surface area contributed by atoms with Crippen LogP contribution in [0, 0.1) is 6.92 Å². The Balaban J connectivity index is 1.22. The first-order chi connectivity index (χ1) is 18.4. The quantitative estimate of drug-likeness (QED) is 0.501. The van der Waals surface area contributed by atoms with Crippen LogP contribution in [0.25, 0.3) is 22.5 Å². The Labute approximate surface area is 222 Å². The normalized spacial score (nSPS) is 19.8. The van der Waals surface area contributed by atoms with Crippen molar-refractivity contribution in [2.24, 2.45) is 0 Å². The van der Waals surface area contributed by atoms with Gasteiger partial charge in [0.05, 0.1) is 6.54 Å². The van der Waals surface area contributed by atoms with Gasteiger partial charge in [-0.05, 0) is 67.0 Å². The van der Waals surface area contributed by atoms with Gasteiger partial charge in [-0.3, -0.25) is 34.4 Å². The average molecular weight is 529 g/mol. The van der Waals surface area contributed by atoms with Crippen molar-refractivity contribution in [1.82, 2.24) is 29.5 Å². The lowest BCUT2D eigenvalue weighted by atomic mass is 10.0. The molecule has 1 fully saturated rings. The summed E-state index contributed by atoms with van der Waals surface area (Å²) in [5.74, 6) is -1.32. The maximum absolute atomic E-state index is 13.4. The molecule has 1 aromatic carbocycles. The number of nitrogens with one attached hydrogen (secondary N) is 1. The maximum atomic E-state index is 13.4. The summed E-state index contributed by atoms with van der Waals surface area (Å²) >= 11 is 1.26. The molecule has 0 spiro atoms. The van der Waals surface area contributed by atoms with Crippen LogP contribution in [0.3, 0.4) is 0 Å². The average Bonchev–Trinajstić information content (AvgIpc) is 3.47. The smallest absolute Gasteiger partial charge is 0.278 e. The standard InChI is InChI=1S/C27H24N6O4S/c1-15-12-17(9-10-28-15)16-4-2-5-18(13-16)24-30-22(38-31-24)14-32-11-3-6-19-23(32)27(37)33(26(19)36)20-7-8-21(34)29-25(20)35/h2,4-5,9-10,12-13,20H,3,6-8,11,14H2,1H3,(H,29,34,35). The van der Waals surface area contributed by atoms with Gasteiger partial charge in [0.15, 0.2) is 5.82 Å². The molecule has 11 heteroatoms. The molecule has 0 aliphatic carbocycles. The van der Waals surface area contributed by atoms with Crippen molar-refractivity contribution in [2.75, 3.05) is 6.54 Å². The van der Waals surface area contributed by atoms with E-state index in [0.29, 0.717) is 43.0 Å². The summed E-state index contributed by atoms with van der Waals surface area (Å²) in [5, 5.41) is 2.96. The second-order valence-electron chi connectivity index (χ2n) is 9.58. The van der Waals surface area contributed by atoms with Gasteiger partial charge in [-0.15, -0.1) is 0 Å². The van der Waals surface area contributed by atoms with Crippen LogP contribution < -0.4 is 5.32 Å². The Morgan fingerprint density at radius 2 is 1.84 bits per heavy atom. The SMILES string of the molecule is Cc1cc(-c2cccc(-c3nsc(CN4CCCC5=C4C(=O)N(C4CCC(=O)NC4=O)C5=O)n3)c2)ccn1. The Hall–Kier alpha value is -4.25. The second kappa shape index (κ2) is 9.56. The molecule has 3 aromatic rings. The zero-order valence-electron chi connectivity index (χ0n) is 20.6. The molecule has 1 atom stereocenters. The third kappa shape index (κ3) is 4.28. The number of aromatic nitrogens is 3. The van der Waals surface area contributed by atoms with Crippen molar-refractivity contribution in [3.05, 3.63) is 64.6 Å². The van der Waals surface area contributed by atoms with Crippen LogP contribution in [0.15, 0.2) is 53.9 Å². The highest BCUT2D eigenvalue weighted by Crippen LogP contribution is 2.35. The Bertz CT molecular complexity index is 1530. The number of amides is 4. The van der Waals surface area contributed by atoms with Crippen LogP contribution in [0.4, 0.5) is 0 Å². The predicted molar refractivity (Wildman–Crippen MR) is 138 cm³/mol. The van der Waals surface area contributed by atoms with Crippen LogP contribution in [0.1, 0.15) is 36.4 Å². The van der Waals surface area contributed by atoms with E-state index in [1.165, 1.54) is 11.5 Å². The van der Waals surface area contributed by atoms with E-state index in [-0.39, 0.29) is 12.8 Å². The molecule has 6 rings (SSSR count). The van der Waals surface area contributed by atoms with Crippen LogP contribution in [0.5, 0.6) is 0 Å². The Morgan fingerprint density at radius 3 is 2.66 bits per heavy atom. The fourth-order valence-electron chi connectivity index (χ4n) is 5.22. The van der Waals surface area contributed by atoms with Gasteiger partial charge in [0.25, 0.3) is 11.8 Å². The molecule has 1 N–H and O–H groups in total. The lowest BCUT2D eigenvalue weighted by Crippen LogP contribution is -2.55. The first-order valence-electron chi connectivity index (χ1n) is 12.4. The molecule has 38 heavy (non-hydrogen) atoms. The molecule has 192 valence electrons. The molecule has 1 saturated heterocycles. The van der Waals surface area contributed by atoms with E-state index in [0.717, 1.165) is 32.3 Å². The van der Waals surface area contributed by atoms with E-state index in [4.69, 9.17) is 4.98 Å². The van der Waals surface area contributed by atoms with Crippen molar-refractivity contribution in [3.63, 3.8) is 0 Å². The van der Waals surface area contributed by atoms with E-state index >= 15 is 0 Å².